The van der Waals surface area contributed by atoms with Crippen molar-refractivity contribution in [1.29, 1.82) is 0 Å². The van der Waals surface area contributed by atoms with Crippen molar-refractivity contribution in [2.45, 2.75) is 39.5 Å². The highest BCUT2D eigenvalue weighted by molar-refractivity contribution is 5.97. The number of methoxy groups -OCH3 is 3. The van der Waals surface area contributed by atoms with E-state index in [9.17, 15) is 9.59 Å². The van der Waals surface area contributed by atoms with E-state index < -0.39 is 0 Å². The summed E-state index contributed by atoms with van der Waals surface area (Å²) in [7, 11) is 4.59. The Bertz CT molecular complexity index is 743. The molecule has 0 unspecified atom stereocenters. The lowest BCUT2D eigenvalue weighted by Crippen LogP contribution is -2.39. The average molecular weight is 450 g/mol. The molecule has 0 heterocycles. The van der Waals surface area contributed by atoms with Crippen molar-refractivity contribution >= 4 is 11.8 Å². The van der Waals surface area contributed by atoms with Crippen molar-refractivity contribution in [3.05, 3.63) is 17.7 Å². The Morgan fingerprint density at radius 1 is 0.906 bits per heavy atom. The summed E-state index contributed by atoms with van der Waals surface area (Å²) in [5.41, 5.74) is 0.409. The number of carbonyl (C=O) groups is 2. The van der Waals surface area contributed by atoms with Gasteiger partial charge in [-0.1, -0.05) is 13.8 Å². The molecule has 0 aliphatic heterocycles. The van der Waals surface area contributed by atoms with Gasteiger partial charge in [0.1, 0.15) is 5.75 Å². The molecule has 2 N–H and O–H groups in total. The molecule has 2 rings (SSSR count). The van der Waals surface area contributed by atoms with Crippen LogP contribution in [-0.4, -0.2) is 70.8 Å². The topological polar surface area (TPSA) is 89.1 Å². The molecule has 8 heteroatoms. The van der Waals surface area contributed by atoms with Crippen molar-refractivity contribution in [2.24, 2.45) is 11.8 Å². The van der Waals surface area contributed by atoms with E-state index in [1.807, 2.05) is 0 Å². The van der Waals surface area contributed by atoms with Crippen LogP contribution in [0.5, 0.6) is 17.2 Å². The molecular formula is C24H39N3O5. The summed E-state index contributed by atoms with van der Waals surface area (Å²) in [4.78, 5) is 27.5. The number of nitrogens with zero attached hydrogens (tertiary/aromatic N) is 1. The fraction of sp³-hybridized carbons (Fsp3) is 0.667. The Morgan fingerprint density at radius 2 is 1.50 bits per heavy atom. The molecule has 2 amide bonds. The Morgan fingerprint density at radius 3 is 2.06 bits per heavy atom. The molecule has 8 nitrogen and oxygen atoms in total. The fourth-order valence-corrected chi connectivity index (χ4v) is 4.19. The molecule has 180 valence electrons. The Balaban J connectivity index is 1.81. The van der Waals surface area contributed by atoms with Crippen molar-refractivity contribution in [3.63, 3.8) is 0 Å². The second-order valence-electron chi connectivity index (χ2n) is 8.15. The SMILES string of the molecule is CCN(CC)CCNC(=O)C1CCC(CNC(=O)c2cc(OC)c(OC)cc2OC)CC1. The van der Waals surface area contributed by atoms with E-state index >= 15 is 0 Å². The quantitative estimate of drug-likeness (QED) is 0.510. The van der Waals surface area contributed by atoms with Crippen LogP contribution in [-0.2, 0) is 4.79 Å². The smallest absolute Gasteiger partial charge is 0.255 e. The van der Waals surface area contributed by atoms with E-state index in [2.05, 4.69) is 29.4 Å². The Hall–Kier alpha value is -2.48. The van der Waals surface area contributed by atoms with E-state index in [1.165, 1.54) is 14.2 Å². The predicted octanol–water partition coefficient (Wildman–Crippen LogP) is 2.71. The van der Waals surface area contributed by atoms with Crippen LogP contribution >= 0.6 is 0 Å². The van der Waals surface area contributed by atoms with Gasteiger partial charge in [-0.05, 0) is 44.7 Å². The van der Waals surface area contributed by atoms with Crippen LogP contribution in [0, 0.1) is 11.8 Å². The van der Waals surface area contributed by atoms with Crippen LogP contribution in [0.1, 0.15) is 49.9 Å². The molecule has 0 bridgehead atoms. The number of ether oxygens (including phenoxy) is 3. The number of carbonyl (C=O) groups excluding carboxylic acids is 2. The second kappa shape index (κ2) is 13.2. The summed E-state index contributed by atoms with van der Waals surface area (Å²) in [6.07, 6.45) is 3.57. The van der Waals surface area contributed by atoms with Crippen molar-refractivity contribution in [2.75, 3.05) is 54.1 Å². The third-order valence-corrected chi connectivity index (χ3v) is 6.34. The van der Waals surface area contributed by atoms with Gasteiger partial charge in [0.25, 0.3) is 5.91 Å². The van der Waals surface area contributed by atoms with Gasteiger partial charge < -0.3 is 29.7 Å². The van der Waals surface area contributed by atoms with Crippen molar-refractivity contribution < 1.29 is 23.8 Å². The van der Waals surface area contributed by atoms with Crippen molar-refractivity contribution in [1.82, 2.24) is 15.5 Å². The minimum atomic E-state index is -0.209. The minimum Gasteiger partial charge on any atom is -0.496 e. The number of rotatable bonds is 12. The maximum Gasteiger partial charge on any atom is 0.255 e. The predicted molar refractivity (Wildman–Crippen MR) is 125 cm³/mol. The largest absolute Gasteiger partial charge is 0.496 e. The molecule has 0 radical (unpaired) electrons. The fourth-order valence-electron chi connectivity index (χ4n) is 4.19. The van der Waals surface area contributed by atoms with Gasteiger partial charge in [0, 0.05) is 37.7 Å². The van der Waals surface area contributed by atoms with E-state index in [-0.39, 0.29) is 17.7 Å². The van der Waals surface area contributed by atoms with E-state index in [4.69, 9.17) is 14.2 Å². The summed E-state index contributed by atoms with van der Waals surface area (Å²) < 4.78 is 15.9. The molecule has 1 aliphatic carbocycles. The number of benzene rings is 1. The molecule has 1 aromatic rings. The zero-order chi connectivity index (χ0) is 23.5. The standard InChI is InChI=1S/C24H39N3O5/c1-6-27(7-2)13-12-25-23(28)18-10-8-17(9-11-18)16-26-24(29)19-14-21(31-4)22(32-5)15-20(19)30-3/h14-15,17-18H,6-13,16H2,1-5H3,(H,25,28)(H,26,29). The van der Waals surface area contributed by atoms with Crippen LogP contribution in [0.15, 0.2) is 12.1 Å². The molecule has 1 aromatic carbocycles. The molecule has 0 spiro atoms. The highest BCUT2D eigenvalue weighted by Gasteiger charge is 2.27. The third kappa shape index (κ3) is 7.02. The summed E-state index contributed by atoms with van der Waals surface area (Å²) in [6.45, 7) is 8.42. The molecule has 1 aliphatic rings. The molecule has 1 fully saturated rings. The molecule has 0 atom stereocenters. The van der Waals surface area contributed by atoms with Crippen LogP contribution in [0.2, 0.25) is 0 Å². The van der Waals surface area contributed by atoms with E-state index in [0.29, 0.717) is 41.8 Å². The van der Waals surface area contributed by atoms with Gasteiger partial charge in [-0.25, -0.2) is 0 Å². The monoisotopic (exact) mass is 449 g/mol. The number of nitrogens with one attached hydrogen (secondary N) is 2. The number of hydrogen-bond acceptors (Lipinski definition) is 6. The van der Waals surface area contributed by atoms with Gasteiger partial charge in [0.15, 0.2) is 11.5 Å². The summed E-state index contributed by atoms with van der Waals surface area (Å²) in [5, 5.41) is 6.10. The zero-order valence-corrected chi connectivity index (χ0v) is 20.2. The highest BCUT2D eigenvalue weighted by Crippen LogP contribution is 2.35. The van der Waals surface area contributed by atoms with Crippen LogP contribution < -0.4 is 24.8 Å². The van der Waals surface area contributed by atoms with Crippen molar-refractivity contribution in [3.8, 4) is 17.2 Å². The first-order valence-electron chi connectivity index (χ1n) is 11.5. The summed E-state index contributed by atoms with van der Waals surface area (Å²) >= 11 is 0. The summed E-state index contributed by atoms with van der Waals surface area (Å²) in [6, 6.07) is 3.28. The van der Waals surface area contributed by atoms with Gasteiger partial charge >= 0.3 is 0 Å². The lowest BCUT2D eigenvalue weighted by atomic mass is 9.81. The minimum absolute atomic E-state index is 0.0737. The maximum absolute atomic E-state index is 12.8. The van der Waals surface area contributed by atoms with Crippen LogP contribution in [0.4, 0.5) is 0 Å². The van der Waals surface area contributed by atoms with Gasteiger partial charge in [-0.15, -0.1) is 0 Å². The Labute approximate surface area is 192 Å². The first kappa shape index (κ1) is 25.8. The van der Waals surface area contributed by atoms with Crippen LogP contribution in [0.3, 0.4) is 0 Å². The first-order valence-corrected chi connectivity index (χ1v) is 11.5. The number of likely N-dealkylation sites (N-methyl/N-ethyl adjacent to an activating group) is 1. The maximum atomic E-state index is 12.8. The normalized spacial score (nSPS) is 18.2. The van der Waals surface area contributed by atoms with E-state index in [0.717, 1.165) is 45.3 Å². The zero-order valence-electron chi connectivity index (χ0n) is 20.2. The van der Waals surface area contributed by atoms with Gasteiger partial charge in [0.2, 0.25) is 5.91 Å². The van der Waals surface area contributed by atoms with Gasteiger partial charge in [0.05, 0.1) is 26.9 Å². The van der Waals surface area contributed by atoms with E-state index in [1.54, 1.807) is 19.2 Å². The Kier molecular flexibility index (Phi) is 10.6. The highest BCUT2D eigenvalue weighted by atomic mass is 16.5. The summed E-state index contributed by atoms with van der Waals surface area (Å²) in [5.74, 6) is 1.81. The lowest BCUT2D eigenvalue weighted by Gasteiger charge is -2.28. The molecule has 0 saturated heterocycles. The van der Waals surface area contributed by atoms with Crippen LogP contribution in [0.25, 0.3) is 0 Å². The number of hydrogen-bond donors (Lipinski definition) is 2. The molecule has 32 heavy (non-hydrogen) atoms. The molecule has 0 aromatic heterocycles. The lowest BCUT2D eigenvalue weighted by molar-refractivity contribution is -0.126. The van der Waals surface area contributed by atoms with Gasteiger partial charge in [-0.2, -0.15) is 0 Å². The second-order valence-corrected chi connectivity index (χ2v) is 8.15. The molecule has 1 saturated carbocycles. The average Bonchev–Trinajstić information content (AvgIpc) is 2.84. The first-order chi connectivity index (χ1) is 15.5. The number of amides is 2. The van der Waals surface area contributed by atoms with Gasteiger partial charge in [-0.3, -0.25) is 9.59 Å². The third-order valence-electron chi connectivity index (χ3n) is 6.34. The molecular weight excluding hydrogens is 410 g/mol.